The predicted molar refractivity (Wildman–Crippen MR) is 62.8 cm³/mol. The molecule has 4 nitrogen and oxygen atoms in total. The van der Waals surface area contributed by atoms with Crippen molar-refractivity contribution in [2.45, 2.75) is 37.7 Å². The molecule has 1 aromatic rings. The third-order valence-corrected chi connectivity index (χ3v) is 4.09. The minimum absolute atomic E-state index is 0.0351. The van der Waals surface area contributed by atoms with Crippen LogP contribution in [0.3, 0.4) is 0 Å². The van der Waals surface area contributed by atoms with Gasteiger partial charge in [-0.05, 0) is 32.1 Å². The Kier molecular flexibility index (Phi) is 2.54. The molecule has 2 aliphatic rings. The van der Waals surface area contributed by atoms with Gasteiger partial charge >= 0.3 is 0 Å². The molecule has 1 aliphatic heterocycles. The van der Waals surface area contributed by atoms with Crippen LogP contribution in [0.5, 0.6) is 0 Å². The van der Waals surface area contributed by atoms with Crippen molar-refractivity contribution in [3.05, 3.63) is 18.2 Å². The van der Waals surface area contributed by atoms with Crippen LogP contribution in [0.25, 0.3) is 0 Å². The zero-order valence-corrected chi connectivity index (χ0v) is 10.2. The van der Waals surface area contributed by atoms with Gasteiger partial charge in [-0.2, -0.15) is 0 Å². The van der Waals surface area contributed by atoms with Crippen molar-refractivity contribution in [2.75, 3.05) is 6.61 Å². The van der Waals surface area contributed by atoms with Crippen molar-refractivity contribution in [2.24, 2.45) is 13.0 Å². The highest BCUT2D eigenvalue weighted by Gasteiger charge is 2.44. The van der Waals surface area contributed by atoms with E-state index in [1.807, 2.05) is 17.8 Å². The van der Waals surface area contributed by atoms with Crippen LogP contribution in [-0.2, 0) is 11.8 Å². The van der Waals surface area contributed by atoms with E-state index in [9.17, 15) is 4.79 Å². The van der Waals surface area contributed by atoms with Crippen LogP contribution >= 0.6 is 0 Å². The van der Waals surface area contributed by atoms with Gasteiger partial charge in [0.25, 0.3) is 0 Å². The van der Waals surface area contributed by atoms with Crippen molar-refractivity contribution in [3.63, 3.8) is 0 Å². The quantitative estimate of drug-likeness (QED) is 0.735. The van der Waals surface area contributed by atoms with E-state index in [0.29, 0.717) is 5.69 Å². The first-order chi connectivity index (χ1) is 8.19. The zero-order chi connectivity index (χ0) is 11.9. The number of hydrogen-bond acceptors (Lipinski definition) is 3. The maximum atomic E-state index is 12.3. The van der Waals surface area contributed by atoms with Crippen molar-refractivity contribution < 1.29 is 9.53 Å². The molecule has 4 heteroatoms. The molecule has 0 aromatic carbocycles. The highest BCUT2D eigenvalue weighted by atomic mass is 16.5. The number of carbonyl (C=O) groups excluding carboxylic acids is 1. The lowest BCUT2D eigenvalue weighted by Crippen LogP contribution is -2.47. The number of carbonyl (C=O) groups is 1. The molecule has 92 valence electrons. The molecule has 0 radical (unpaired) electrons. The van der Waals surface area contributed by atoms with Crippen molar-refractivity contribution in [1.82, 2.24) is 9.55 Å². The summed E-state index contributed by atoms with van der Waals surface area (Å²) < 4.78 is 7.67. The van der Waals surface area contributed by atoms with Gasteiger partial charge in [0.1, 0.15) is 5.69 Å². The van der Waals surface area contributed by atoms with E-state index in [1.165, 1.54) is 6.42 Å². The summed E-state index contributed by atoms with van der Waals surface area (Å²) >= 11 is 0. The molecular formula is C13H18N2O2. The summed E-state index contributed by atoms with van der Waals surface area (Å²) in [6, 6.07) is 0. The Morgan fingerprint density at radius 2 is 2.41 bits per heavy atom. The van der Waals surface area contributed by atoms with E-state index >= 15 is 0 Å². The molecule has 1 saturated heterocycles. The first-order valence-corrected chi connectivity index (χ1v) is 6.35. The van der Waals surface area contributed by atoms with Gasteiger partial charge in [-0.25, -0.2) is 4.98 Å². The molecule has 1 aromatic heterocycles. The summed E-state index contributed by atoms with van der Waals surface area (Å²) in [4.78, 5) is 16.5. The number of aromatic nitrogens is 2. The first kappa shape index (κ1) is 11.0. The normalized spacial score (nSPS) is 26.8. The summed E-state index contributed by atoms with van der Waals surface area (Å²) in [7, 11) is 1.89. The predicted octanol–water partition coefficient (Wildman–Crippen LogP) is 1.95. The monoisotopic (exact) mass is 234 g/mol. The fourth-order valence-corrected chi connectivity index (χ4v) is 2.92. The number of aryl methyl sites for hydroxylation is 1. The minimum Gasteiger partial charge on any atom is -0.375 e. The molecule has 1 unspecified atom stereocenters. The first-order valence-electron chi connectivity index (χ1n) is 6.35. The number of nitrogens with zero attached hydrogens (tertiary/aromatic N) is 2. The summed E-state index contributed by atoms with van der Waals surface area (Å²) in [5.41, 5.74) is 0.641. The number of ether oxygens (including phenoxy) is 1. The highest BCUT2D eigenvalue weighted by Crippen LogP contribution is 2.44. The van der Waals surface area contributed by atoms with Gasteiger partial charge in [-0.1, -0.05) is 0 Å². The fourth-order valence-electron chi connectivity index (χ4n) is 2.92. The Hall–Kier alpha value is -1.16. The molecule has 3 rings (SSSR count). The van der Waals surface area contributed by atoms with Crippen LogP contribution in [0.4, 0.5) is 0 Å². The average molecular weight is 234 g/mol. The molecule has 2 fully saturated rings. The van der Waals surface area contributed by atoms with Crippen LogP contribution < -0.4 is 0 Å². The topological polar surface area (TPSA) is 44.1 Å². The van der Waals surface area contributed by atoms with E-state index in [1.54, 1.807) is 6.33 Å². The third kappa shape index (κ3) is 1.90. The standard InChI is InChI=1S/C13H18N2O2/c1-15-8-11(14-9-15)12(16)10-3-6-17-13(7-10)4-2-5-13/h8-10H,2-7H2,1H3. The Bertz CT molecular complexity index is 434. The van der Waals surface area contributed by atoms with Crippen molar-refractivity contribution in [3.8, 4) is 0 Å². The number of ketones is 1. The Balaban J connectivity index is 1.73. The maximum Gasteiger partial charge on any atom is 0.186 e. The fraction of sp³-hybridized carbons (Fsp3) is 0.692. The molecule has 2 heterocycles. The van der Waals surface area contributed by atoms with Gasteiger partial charge in [0.2, 0.25) is 0 Å². The number of hydrogen-bond donors (Lipinski definition) is 0. The molecule has 0 N–H and O–H groups in total. The Labute approximate surface area is 101 Å². The Morgan fingerprint density at radius 3 is 3.00 bits per heavy atom. The van der Waals surface area contributed by atoms with Gasteiger partial charge in [-0.15, -0.1) is 0 Å². The number of imidazole rings is 1. The largest absolute Gasteiger partial charge is 0.375 e. The third-order valence-electron chi connectivity index (χ3n) is 4.09. The summed E-state index contributed by atoms with van der Waals surface area (Å²) in [6.45, 7) is 0.725. The van der Waals surface area contributed by atoms with Crippen LogP contribution in [0.1, 0.15) is 42.6 Å². The lowest BCUT2D eigenvalue weighted by Gasteiger charge is -2.46. The van der Waals surface area contributed by atoms with Crippen molar-refractivity contribution >= 4 is 5.78 Å². The summed E-state index contributed by atoms with van der Waals surface area (Å²) in [6.07, 6.45) is 8.72. The molecule has 1 aliphatic carbocycles. The summed E-state index contributed by atoms with van der Waals surface area (Å²) in [5, 5.41) is 0. The van der Waals surface area contributed by atoms with E-state index in [-0.39, 0.29) is 17.3 Å². The van der Waals surface area contributed by atoms with Crippen LogP contribution in [0.2, 0.25) is 0 Å². The van der Waals surface area contributed by atoms with Gasteiger partial charge in [-0.3, -0.25) is 4.79 Å². The van der Waals surface area contributed by atoms with E-state index in [4.69, 9.17) is 4.74 Å². The molecule has 0 amide bonds. The van der Waals surface area contributed by atoms with Crippen LogP contribution in [-0.4, -0.2) is 27.5 Å². The molecule has 1 atom stereocenters. The van der Waals surface area contributed by atoms with E-state index in [2.05, 4.69) is 4.98 Å². The second-order valence-electron chi connectivity index (χ2n) is 5.36. The lowest BCUT2D eigenvalue weighted by molar-refractivity contribution is -0.137. The minimum atomic E-state index is 0.0351. The zero-order valence-electron chi connectivity index (χ0n) is 10.2. The molecule has 0 bridgehead atoms. The number of Topliss-reactive ketones (excluding diaryl/α,β-unsaturated/α-hetero) is 1. The molecule has 1 spiro atoms. The maximum absolute atomic E-state index is 12.3. The van der Waals surface area contributed by atoms with Crippen molar-refractivity contribution in [1.29, 1.82) is 0 Å². The van der Waals surface area contributed by atoms with Gasteiger partial charge in [0, 0.05) is 25.8 Å². The smallest absolute Gasteiger partial charge is 0.186 e. The molecular weight excluding hydrogens is 216 g/mol. The van der Waals surface area contributed by atoms with Crippen LogP contribution in [0, 0.1) is 5.92 Å². The average Bonchev–Trinajstić information content (AvgIpc) is 2.73. The van der Waals surface area contributed by atoms with Gasteiger partial charge in [0.15, 0.2) is 5.78 Å². The number of rotatable bonds is 2. The van der Waals surface area contributed by atoms with Gasteiger partial charge < -0.3 is 9.30 Å². The second-order valence-corrected chi connectivity index (χ2v) is 5.36. The SMILES string of the molecule is Cn1cnc(C(=O)C2CCOC3(CCC3)C2)c1. The second kappa shape index (κ2) is 3.95. The summed E-state index contributed by atoms with van der Waals surface area (Å²) in [5.74, 6) is 0.305. The van der Waals surface area contributed by atoms with E-state index < -0.39 is 0 Å². The molecule has 17 heavy (non-hydrogen) atoms. The lowest BCUT2D eigenvalue weighted by atomic mass is 9.71. The van der Waals surface area contributed by atoms with Gasteiger partial charge in [0.05, 0.1) is 11.9 Å². The molecule has 1 saturated carbocycles. The Morgan fingerprint density at radius 1 is 1.59 bits per heavy atom. The highest BCUT2D eigenvalue weighted by molar-refractivity contribution is 5.96. The van der Waals surface area contributed by atoms with Crippen LogP contribution in [0.15, 0.2) is 12.5 Å². The van der Waals surface area contributed by atoms with E-state index in [0.717, 1.165) is 32.3 Å².